The molecule has 24 heavy (non-hydrogen) atoms. The Labute approximate surface area is 141 Å². The van der Waals surface area contributed by atoms with Gasteiger partial charge in [0.25, 0.3) is 5.91 Å². The Morgan fingerprint density at radius 1 is 1.12 bits per heavy atom. The number of rotatable bonds is 3. The highest BCUT2D eigenvalue weighted by atomic mass is 19.1. The Morgan fingerprint density at radius 3 is 2.71 bits per heavy atom. The van der Waals surface area contributed by atoms with Gasteiger partial charge >= 0.3 is 0 Å². The molecule has 6 heteroatoms. The van der Waals surface area contributed by atoms with Crippen LogP contribution < -0.4 is 0 Å². The van der Waals surface area contributed by atoms with Crippen molar-refractivity contribution in [3.05, 3.63) is 35.4 Å². The zero-order valence-corrected chi connectivity index (χ0v) is 13.8. The molecule has 2 aliphatic rings. The van der Waals surface area contributed by atoms with Crippen LogP contribution in [0.2, 0.25) is 0 Å². The van der Waals surface area contributed by atoms with Crippen LogP contribution in [0.5, 0.6) is 0 Å². The molecule has 0 saturated carbocycles. The number of ether oxygens (including phenoxy) is 1. The molecule has 1 amide bonds. The van der Waals surface area contributed by atoms with E-state index in [1.807, 2.05) is 0 Å². The predicted octanol–water partition coefficient (Wildman–Crippen LogP) is 2.68. The average Bonchev–Trinajstić information content (AvgIpc) is 2.83. The lowest BCUT2D eigenvalue weighted by molar-refractivity contribution is 0.0217. The van der Waals surface area contributed by atoms with Gasteiger partial charge < -0.3 is 9.64 Å². The maximum absolute atomic E-state index is 14.0. The SMILES string of the molecule is O=C(c1cc(F)ccc1F)N1CCCCCC1CN1CCOCC1. The Balaban J connectivity index is 1.78. The van der Waals surface area contributed by atoms with Gasteiger partial charge in [0.1, 0.15) is 11.6 Å². The van der Waals surface area contributed by atoms with E-state index < -0.39 is 17.5 Å². The van der Waals surface area contributed by atoms with Gasteiger partial charge in [-0.3, -0.25) is 9.69 Å². The molecule has 2 saturated heterocycles. The molecule has 4 nitrogen and oxygen atoms in total. The van der Waals surface area contributed by atoms with Crippen LogP contribution in [-0.4, -0.2) is 61.1 Å². The van der Waals surface area contributed by atoms with Gasteiger partial charge in [-0.1, -0.05) is 12.8 Å². The van der Waals surface area contributed by atoms with Gasteiger partial charge in [0.15, 0.2) is 0 Å². The Morgan fingerprint density at radius 2 is 1.92 bits per heavy atom. The number of nitrogens with zero attached hydrogens (tertiary/aromatic N) is 2. The van der Waals surface area contributed by atoms with Crippen LogP contribution in [0.15, 0.2) is 18.2 Å². The lowest BCUT2D eigenvalue weighted by Gasteiger charge is -2.36. The van der Waals surface area contributed by atoms with E-state index in [2.05, 4.69) is 4.90 Å². The van der Waals surface area contributed by atoms with Crippen molar-refractivity contribution in [3.8, 4) is 0 Å². The molecule has 1 aromatic rings. The molecule has 2 fully saturated rings. The highest BCUT2D eigenvalue weighted by molar-refractivity contribution is 5.94. The number of hydrogen-bond acceptors (Lipinski definition) is 3. The fourth-order valence-corrected chi connectivity index (χ4v) is 3.53. The fourth-order valence-electron chi connectivity index (χ4n) is 3.53. The van der Waals surface area contributed by atoms with Crippen LogP contribution in [0, 0.1) is 11.6 Å². The molecule has 1 atom stereocenters. The molecule has 0 N–H and O–H groups in total. The van der Waals surface area contributed by atoms with Crippen molar-refractivity contribution >= 4 is 5.91 Å². The van der Waals surface area contributed by atoms with Gasteiger partial charge in [-0.05, 0) is 31.0 Å². The maximum atomic E-state index is 14.0. The van der Waals surface area contributed by atoms with Crippen molar-refractivity contribution in [2.24, 2.45) is 0 Å². The Kier molecular flexibility index (Phi) is 5.79. The summed E-state index contributed by atoms with van der Waals surface area (Å²) in [7, 11) is 0. The summed E-state index contributed by atoms with van der Waals surface area (Å²) >= 11 is 0. The van der Waals surface area contributed by atoms with Crippen LogP contribution in [-0.2, 0) is 4.74 Å². The number of halogens is 2. The van der Waals surface area contributed by atoms with E-state index >= 15 is 0 Å². The number of morpholine rings is 1. The van der Waals surface area contributed by atoms with Crippen molar-refractivity contribution in [1.29, 1.82) is 0 Å². The van der Waals surface area contributed by atoms with Gasteiger partial charge in [-0.25, -0.2) is 8.78 Å². The lowest BCUT2D eigenvalue weighted by atomic mass is 10.1. The minimum Gasteiger partial charge on any atom is -0.379 e. The summed E-state index contributed by atoms with van der Waals surface area (Å²) in [6, 6.07) is 3.12. The summed E-state index contributed by atoms with van der Waals surface area (Å²) in [5.74, 6) is -1.64. The largest absolute Gasteiger partial charge is 0.379 e. The summed E-state index contributed by atoms with van der Waals surface area (Å²) in [4.78, 5) is 16.9. The average molecular weight is 338 g/mol. The minimum absolute atomic E-state index is 0.0424. The smallest absolute Gasteiger partial charge is 0.257 e. The summed E-state index contributed by atoms with van der Waals surface area (Å²) in [5.41, 5.74) is -0.163. The van der Waals surface area contributed by atoms with Crippen LogP contribution in [0.25, 0.3) is 0 Å². The Hall–Kier alpha value is -1.53. The van der Waals surface area contributed by atoms with E-state index in [9.17, 15) is 13.6 Å². The maximum Gasteiger partial charge on any atom is 0.257 e. The standard InChI is InChI=1S/C18H24F2N2O2/c19-14-5-6-17(20)16(12-14)18(23)22-7-3-1-2-4-15(22)13-21-8-10-24-11-9-21/h5-6,12,15H,1-4,7-11,13H2. The quantitative estimate of drug-likeness (QED) is 0.849. The normalized spacial score (nSPS) is 23.1. The summed E-state index contributed by atoms with van der Waals surface area (Å²) in [6.45, 7) is 4.49. The van der Waals surface area contributed by atoms with Crippen LogP contribution in [0.3, 0.4) is 0 Å². The second-order valence-corrected chi connectivity index (χ2v) is 6.54. The molecule has 0 radical (unpaired) electrons. The second-order valence-electron chi connectivity index (χ2n) is 6.54. The van der Waals surface area contributed by atoms with Crippen molar-refractivity contribution in [2.45, 2.75) is 31.7 Å². The first kappa shape index (κ1) is 17.3. The van der Waals surface area contributed by atoms with Crippen molar-refractivity contribution in [2.75, 3.05) is 39.4 Å². The van der Waals surface area contributed by atoms with E-state index in [0.29, 0.717) is 19.8 Å². The molecule has 0 spiro atoms. The van der Waals surface area contributed by atoms with Crippen molar-refractivity contribution in [1.82, 2.24) is 9.80 Å². The third-order valence-electron chi connectivity index (χ3n) is 4.87. The van der Waals surface area contributed by atoms with Gasteiger partial charge in [-0.15, -0.1) is 0 Å². The zero-order chi connectivity index (χ0) is 16.9. The molecule has 0 aromatic heterocycles. The van der Waals surface area contributed by atoms with Gasteiger partial charge in [-0.2, -0.15) is 0 Å². The molecular formula is C18H24F2N2O2. The first-order chi connectivity index (χ1) is 11.6. The minimum atomic E-state index is -0.657. The number of carbonyl (C=O) groups excluding carboxylic acids is 1. The van der Waals surface area contributed by atoms with E-state index in [1.54, 1.807) is 4.90 Å². The molecule has 0 bridgehead atoms. The number of likely N-dealkylation sites (tertiary alicyclic amines) is 1. The molecule has 1 unspecified atom stereocenters. The third-order valence-corrected chi connectivity index (χ3v) is 4.87. The molecule has 0 aliphatic carbocycles. The zero-order valence-electron chi connectivity index (χ0n) is 13.8. The van der Waals surface area contributed by atoms with Gasteiger partial charge in [0.05, 0.1) is 18.8 Å². The van der Waals surface area contributed by atoms with E-state index in [-0.39, 0.29) is 11.6 Å². The van der Waals surface area contributed by atoms with Gasteiger partial charge in [0, 0.05) is 32.2 Å². The Bertz CT molecular complexity index is 576. The van der Waals surface area contributed by atoms with E-state index in [0.717, 1.165) is 63.5 Å². The van der Waals surface area contributed by atoms with E-state index in [4.69, 9.17) is 4.74 Å². The highest BCUT2D eigenvalue weighted by Gasteiger charge is 2.29. The number of carbonyl (C=O) groups is 1. The predicted molar refractivity (Wildman–Crippen MR) is 86.9 cm³/mol. The third kappa shape index (κ3) is 4.11. The van der Waals surface area contributed by atoms with E-state index in [1.165, 1.54) is 0 Å². The van der Waals surface area contributed by atoms with Crippen LogP contribution in [0.1, 0.15) is 36.0 Å². The first-order valence-corrected chi connectivity index (χ1v) is 8.71. The van der Waals surface area contributed by atoms with Crippen molar-refractivity contribution in [3.63, 3.8) is 0 Å². The van der Waals surface area contributed by atoms with Crippen molar-refractivity contribution < 1.29 is 18.3 Å². The fraction of sp³-hybridized carbons (Fsp3) is 0.611. The summed E-state index contributed by atoms with van der Waals surface area (Å²) in [5, 5.41) is 0. The molecule has 2 aliphatic heterocycles. The highest BCUT2D eigenvalue weighted by Crippen LogP contribution is 2.22. The van der Waals surface area contributed by atoms with Gasteiger partial charge in [0.2, 0.25) is 0 Å². The molecule has 132 valence electrons. The lowest BCUT2D eigenvalue weighted by Crippen LogP contribution is -2.49. The summed E-state index contributed by atoms with van der Waals surface area (Å²) in [6.07, 6.45) is 3.93. The summed E-state index contributed by atoms with van der Waals surface area (Å²) < 4.78 is 32.9. The molecule has 1 aromatic carbocycles. The topological polar surface area (TPSA) is 32.8 Å². The number of hydrogen-bond donors (Lipinski definition) is 0. The molecule has 3 rings (SSSR count). The number of benzene rings is 1. The first-order valence-electron chi connectivity index (χ1n) is 8.71. The monoisotopic (exact) mass is 338 g/mol. The van der Waals surface area contributed by atoms with Crippen LogP contribution >= 0.6 is 0 Å². The molecular weight excluding hydrogens is 314 g/mol. The van der Waals surface area contributed by atoms with Crippen LogP contribution in [0.4, 0.5) is 8.78 Å². The number of amides is 1. The second kappa shape index (κ2) is 8.03. The molecule has 2 heterocycles.